The van der Waals surface area contributed by atoms with E-state index in [-0.39, 0.29) is 4.91 Å². The number of anilines is 1. The summed E-state index contributed by atoms with van der Waals surface area (Å²) in [5.41, 5.74) is 1.86. The molecule has 0 bridgehead atoms. The number of imide groups is 1. The second kappa shape index (κ2) is 11.5. The Labute approximate surface area is 201 Å². The van der Waals surface area contributed by atoms with Gasteiger partial charge in [-0.25, -0.2) is 4.39 Å². The highest BCUT2D eigenvalue weighted by Gasteiger charge is 2.36. The van der Waals surface area contributed by atoms with Crippen LogP contribution in [0.25, 0.3) is 6.08 Å². The molecule has 3 amide bonds. The molecule has 178 valence electrons. The minimum atomic E-state index is -0.568. The van der Waals surface area contributed by atoms with Crippen molar-refractivity contribution in [2.24, 2.45) is 0 Å². The maximum absolute atomic E-state index is 13.0. The summed E-state index contributed by atoms with van der Waals surface area (Å²) in [7, 11) is 0. The number of hydrogen-bond donors (Lipinski definition) is 1. The Bertz CT molecular complexity index is 1130. The number of carbonyl (C=O) groups is 3. The molecule has 1 fully saturated rings. The average molecular weight is 485 g/mol. The minimum Gasteiger partial charge on any atom is -0.490 e. The number of allylic oxidation sites excluding steroid dienone is 1. The predicted molar refractivity (Wildman–Crippen MR) is 130 cm³/mol. The van der Waals surface area contributed by atoms with Crippen LogP contribution >= 0.6 is 11.8 Å². The average Bonchev–Trinajstić information content (AvgIpc) is 3.05. The molecule has 0 unspecified atom stereocenters. The number of halogens is 1. The molecule has 2 aromatic rings. The lowest BCUT2D eigenvalue weighted by molar-refractivity contribution is -0.127. The van der Waals surface area contributed by atoms with E-state index >= 15 is 0 Å². The van der Waals surface area contributed by atoms with Gasteiger partial charge in [-0.1, -0.05) is 6.08 Å². The van der Waals surface area contributed by atoms with E-state index in [1.165, 1.54) is 24.3 Å². The summed E-state index contributed by atoms with van der Waals surface area (Å²) in [5, 5.41) is 1.99. The number of thioether (sulfide) groups is 1. The van der Waals surface area contributed by atoms with Crippen molar-refractivity contribution < 1.29 is 28.2 Å². The van der Waals surface area contributed by atoms with Crippen LogP contribution in [-0.2, 0) is 16.0 Å². The molecule has 0 atom stereocenters. The second-order valence-electron chi connectivity index (χ2n) is 7.19. The maximum Gasteiger partial charge on any atom is 0.294 e. The highest BCUT2D eigenvalue weighted by atomic mass is 32.2. The molecule has 7 nitrogen and oxygen atoms in total. The van der Waals surface area contributed by atoms with E-state index in [0.717, 1.165) is 22.2 Å². The zero-order valence-electron chi connectivity index (χ0n) is 18.9. The van der Waals surface area contributed by atoms with Crippen LogP contribution in [0.4, 0.5) is 14.9 Å². The number of ether oxygens (including phenoxy) is 2. The van der Waals surface area contributed by atoms with Crippen molar-refractivity contribution in [3.8, 4) is 11.5 Å². The van der Waals surface area contributed by atoms with Gasteiger partial charge in [0.1, 0.15) is 12.4 Å². The standard InChI is InChI=1S/C25H25FN2O5S/c1-4-7-17-12-16(13-20(32-5-2)23(17)33-6-3)14-21-24(30)28(25(31)34-21)15-22(29)27-19-10-8-18(26)9-11-19/h4,8-14H,1,5-7,15H2,2-3H3,(H,27,29)/b21-14+. The van der Waals surface area contributed by atoms with Crippen LogP contribution in [0, 0.1) is 5.82 Å². The van der Waals surface area contributed by atoms with Crippen molar-refractivity contribution in [1.29, 1.82) is 0 Å². The molecule has 0 radical (unpaired) electrons. The van der Waals surface area contributed by atoms with Gasteiger partial charge in [-0.05, 0) is 80.1 Å². The summed E-state index contributed by atoms with van der Waals surface area (Å²) in [4.78, 5) is 38.7. The number of amides is 3. The molecule has 1 aliphatic rings. The molecule has 1 N–H and O–H groups in total. The normalized spacial score (nSPS) is 14.4. The number of benzene rings is 2. The van der Waals surface area contributed by atoms with Gasteiger partial charge >= 0.3 is 0 Å². The van der Waals surface area contributed by atoms with Gasteiger partial charge in [0.25, 0.3) is 11.1 Å². The largest absolute Gasteiger partial charge is 0.490 e. The van der Waals surface area contributed by atoms with E-state index in [1.54, 1.807) is 18.2 Å². The van der Waals surface area contributed by atoms with Gasteiger partial charge in [-0.3, -0.25) is 19.3 Å². The van der Waals surface area contributed by atoms with Gasteiger partial charge in [-0.15, -0.1) is 6.58 Å². The minimum absolute atomic E-state index is 0.191. The fourth-order valence-corrected chi connectivity index (χ4v) is 4.15. The van der Waals surface area contributed by atoms with Gasteiger partial charge in [0.15, 0.2) is 11.5 Å². The zero-order chi connectivity index (χ0) is 24.7. The van der Waals surface area contributed by atoms with Crippen molar-refractivity contribution >= 4 is 40.6 Å². The van der Waals surface area contributed by atoms with Crippen molar-refractivity contribution in [3.63, 3.8) is 0 Å². The van der Waals surface area contributed by atoms with Crippen LogP contribution in [0.1, 0.15) is 25.0 Å². The molecule has 0 spiro atoms. The lowest BCUT2D eigenvalue weighted by Crippen LogP contribution is -2.36. The Morgan fingerprint density at radius 1 is 1.15 bits per heavy atom. The molecule has 1 aliphatic heterocycles. The third-order valence-electron chi connectivity index (χ3n) is 4.71. The van der Waals surface area contributed by atoms with Gasteiger partial charge in [0.05, 0.1) is 18.1 Å². The fraction of sp³-hybridized carbons (Fsp3) is 0.240. The van der Waals surface area contributed by atoms with Crippen LogP contribution in [0.2, 0.25) is 0 Å². The van der Waals surface area contributed by atoms with E-state index in [0.29, 0.717) is 42.4 Å². The monoisotopic (exact) mass is 484 g/mol. The van der Waals surface area contributed by atoms with E-state index in [4.69, 9.17) is 9.47 Å². The lowest BCUT2D eigenvalue weighted by atomic mass is 10.0. The Kier molecular flexibility index (Phi) is 8.48. The Morgan fingerprint density at radius 3 is 2.50 bits per heavy atom. The Morgan fingerprint density at radius 2 is 1.85 bits per heavy atom. The van der Waals surface area contributed by atoms with Crippen molar-refractivity contribution in [1.82, 2.24) is 4.90 Å². The summed E-state index contributed by atoms with van der Waals surface area (Å²) in [5.74, 6) is -0.420. The molecule has 9 heteroatoms. The van der Waals surface area contributed by atoms with Crippen LogP contribution in [0.15, 0.2) is 54.0 Å². The highest BCUT2D eigenvalue weighted by Crippen LogP contribution is 2.37. The fourth-order valence-electron chi connectivity index (χ4n) is 3.31. The van der Waals surface area contributed by atoms with Crippen molar-refractivity contribution in [2.45, 2.75) is 20.3 Å². The van der Waals surface area contributed by atoms with Crippen LogP contribution in [0.3, 0.4) is 0 Å². The molecular formula is C25H25FN2O5S. The first kappa shape index (κ1) is 25.0. The number of rotatable bonds is 10. The highest BCUT2D eigenvalue weighted by molar-refractivity contribution is 8.18. The number of nitrogens with zero attached hydrogens (tertiary/aromatic N) is 1. The predicted octanol–water partition coefficient (Wildman–Crippen LogP) is 5.03. The zero-order valence-corrected chi connectivity index (χ0v) is 19.7. The first-order valence-corrected chi connectivity index (χ1v) is 11.5. The summed E-state index contributed by atoms with van der Waals surface area (Å²) >= 11 is 0.756. The topological polar surface area (TPSA) is 84.9 Å². The molecule has 2 aromatic carbocycles. The van der Waals surface area contributed by atoms with Crippen molar-refractivity contribution in [3.05, 3.63) is 70.9 Å². The molecule has 0 aromatic heterocycles. The second-order valence-corrected chi connectivity index (χ2v) is 8.18. The van der Waals surface area contributed by atoms with E-state index < -0.39 is 29.4 Å². The first-order chi connectivity index (χ1) is 16.4. The molecule has 0 saturated carbocycles. The Balaban J connectivity index is 1.81. The number of nitrogens with one attached hydrogen (secondary N) is 1. The Hall–Kier alpha value is -3.59. The first-order valence-electron chi connectivity index (χ1n) is 10.7. The quantitative estimate of drug-likeness (QED) is 0.376. The maximum atomic E-state index is 13.0. The molecule has 1 saturated heterocycles. The van der Waals surface area contributed by atoms with Crippen LogP contribution < -0.4 is 14.8 Å². The van der Waals surface area contributed by atoms with E-state index in [2.05, 4.69) is 11.9 Å². The van der Waals surface area contributed by atoms with E-state index in [1.807, 2.05) is 19.9 Å². The summed E-state index contributed by atoms with van der Waals surface area (Å²) < 4.78 is 24.5. The molecule has 34 heavy (non-hydrogen) atoms. The van der Waals surface area contributed by atoms with Gasteiger partial charge in [0.2, 0.25) is 5.91 Å². The summed E-state index contributed by atoms with van der Waals surface area (Å²) in [6, 6.07) is 8.78. The number of carbonyl (C=O) groups excluding carboxylic acids is 3. The SMILES string of the molecule is C=CCc1cc(/C=C2/SC(=O)N(CC(=O)Nc3ccc(F)cc3)C2=O)cc(OCC)c1OCC. The van der Waals surface area contributed by atoms with Crippen molar-refractivity contribution in [2.75, 3.05) is 25.1 Å². The lowest BCUT2D eigenvalue weighted by Gasteiger charge is -2.16. The summed E-state index contributed by atoms with van der Waals surface area (Å²) in [6.45, 7) is 7.96. The number of hydrogen-bond acceptors (Lipinski definition) is 6. The third kappa shape index (κ3) is 6.05. The smallest absolute Gasteiger partial charge is 0.294 e. The summed E-state index contributed by atoms with van der Waals surface area (Å²) in [6.07, 6.45) is 3.86. The van der Waals surface area contributed by atoms with Gasteiger partial charge < -0.3 is 14.8 Å². The molecular weight excluding hydrogens is 459 g/mol. The third-order valence-corrected chi connectivity index (χ3v) is 5.62. The van der Waals surface area contributed by atoms with Crippen LogP contribution in [0.5, 0.6) is 11.5 Å². The van der Waals surface area contributed by atoms with Gasteiger partial charge in [0, 0.05) is 11.3 Å². The van der Waals surface area contributed by atoms with Gasteiger partial charge in [-0.2, -0.15) is 0 Å². The molecule has 0 aliphatic carbocycles. The van der Waals surface area contributed by atoms with Crippen LogP contribution in [-0.4, -0.2) is 41.7 Å². The van der Waals surface area contributed by atoms with E-state index in [9.17, 15) is 18.8 Å². The molecule has 3 rings (SSSR count). The molecule has 1 heterocycles.